The van der Waals surface area contributed by atoms with E-state index in [0.29, 0.717) is 30.2 Å². The smallest absolute Gasteiger partial charge is 0.258 e. The summed E-state index contributed by atoms with van der Waals surface area (Å²) < 4.78 is 18.4. The summed E-state index contributed by atoms with van der Waals surface area (Å²) in [7, 11) is 0. The Morgan fingerprint density at radius 1 is 1.14 bits per heavy atom. The van der Waals surface area contributed by atoms with Crippen molar-refractivity contribution in [1.82, 2.24) is 10.1 Å². The van der Waals surface area contributed by atoms with Crippen molar-refractivity contribution in [1.29, 1.82) is 0 Å². The Kier molecular flexibility index (Phi) is 4.14. The first-order chi connectivity index (χ1) is 10.7. The molecule has 0 spiro atoms. The Labute approximate surface area is 128 Å². The van der Waals surface area contributed by atoms with Gasteiger partial charge >= 0.3 is 0 Å². The number of aromatic nitrogens is 2. The van der Waals surface area contributed by atoms with Crippen LogP contribution >= 0.6 is 0 Å². The number of hydrogen-bond donors (Lipinski definition) is 1. The van der Waals surface area contributed by atoms with Gasteiger partial charge < -0.3 is 9.84 Å². The van der Waals surface area contributed by atoms with E-state index < -0.39 is 0 Å². The molecule has 0 aliphatic heterocycles. The summed E-state index contributed by atoms with van der Waals surface area (Å²) in [5, 5.41) is 7.23. The van der Waals surface area contributed by atoms with Crippen molar-refractivity contribution in [2.24, 2.45) is 0 Å². The zero-order valence-corrected chi connectivity index (χ0v) is 12.2. The molecule has 0 saturated carbocycles. The van der Waals surface area contributed by atoms with Crippen LogP contribution in [0.5, 0.6) is 0 Å². The SMILES string of the molecule is Cc1cccc(NCCc2noc(-c3cccc(F)c3)n2)c1. The lowest BCUT2D eigenvalue weighted by Gasteiger charge is -2.04. The molecule has 4 nitrogen and oxygen atoms in total. The standard InChI is InChI=1S/C17H16FN3O/c1-12-4-2-7-15(10-12)19-9-8-16-20-17(22-21-16)13-5-3-6-14(18)11-13/h2-7,10-11,19H,8-9H2,1H3. The number of benzene rings is 2. The topological polar surface area (TPSA) is 51.0 Å². The average Bonchev–Trinajstić information content (AvgIpc) is 2.96. The molecule has 0 amide bonds. The molecule has 3 aromatic rings. The molecule has 0 atom stereocenters. The summed E-state index contributed by atoms with van der Waals surface area (Å²) in [5.41, 5.74) is 2.86. The van der Waals surface area contributed by atoms with E-state index in [1.54, 1.807) is 12.1 Å². The largest absolute Gasteiger partial charge is 0.385 e. The molecule has 0 radical (unpaired) electrons. The minimum atomic E-state index is -0.321. The van der Waals surface area contributed by atoms with Crippen molar-refractivity contribution in [3.05, 3.63) is 65.7 Å². The number of rotatable bonds is 5. The van der Waals surface area contributed by atoms with Gasteiger partial charge in [-0.3, -0.25) is 0 Å². The van der Waals surface area contributed by atoms with E-state index in [9.17, 15) is 4.39 Å². The fourth-order valence-electron chi connectivity index (χ4n) is 2.17. The van der Waals surface area contributed by atoms with Crippen LogP contribution in [0.25, 0.3) is 11.5 Å². The normalized spacial score (nSPS) is 10.6. The Morgan fingerprint density at radius 2 is 2.00 bits per heavy atom. The van der Waals surface area contributed by atoms with Gasteiger partial charge in [-0.05, 0) is 42.8 Å². The zero-order chi connectivity index (χ0) is 15.4. The fourth-order valence-corrected chi connectivity index (χ4v) is 2.17. The second kappa shape index (κ2) is 6.39. The highest BCUT2D eigenvalue weighted by Crippen LogP contribution is 2.18. The van der Waals surface area contributed by atoms with E-state index in [1.165, 1.54) is 17.7 Å². The van der Waals surface area contributed by atoms with Crippen molar-refractivity contribution in [3.63, 3.8) is 0 Å². The highest BCUT2D eigenvalue weighted by atomic mass is 19.1. The molecule has 3 rings (SSSR count). The first kappa shape index (κ1) is 14.3. The third kappa shape index (κ3) is 3.49. The lowest BCUT2D eigenvalue weighted by molar-refractivity contribution is 0.422. The summed E-state index contributed by atoms with van der Waals surface area (Å²) in [6, 6.07) is 14.3. The van der Waals surface area contributed by atoms with Gasteiger partial charge in [0.2, 0.25) is 0 Å². The third-order valence-corrected chi connectivity index (χ3v) is 3.24. The van der Waals surface area contributed by atoms with Crippen LogP contribution in [-0.2, 0) is 6.42 Å². The highest BCUT2D eigenvalue weighted by molar-refractivity contribution is 5.52. The van der Waals surface area contributed by atoms with Gasteiger partial charge in [0, 0.05) is 24.2 Å². The van der Waals surface area contributed by atoms with Crippen LogP contribution in [0.1, 0.15) is 11.4 Å². The molecule has 1 aromatic heterocycles. The molecule has 2 aromatic carbocycles. The molecule has 22 heavy (non-hydrogen) atoms. The maximum atomic E-state index is 13.2. The number of anilines is 1. The molecule has 5 heteroatoms. The van der Waals surface area contributed by atoms with Crippen LogP contribution in [0, 0.1) is 12.7 Å². The summed E-state index contributed by atoms with van der Waals surface area (Å²) in [4.78, 5) is 4.29. The number of nitrogens with zero attached hydrogens (tertiary/aromatic N) is 2. The summed E-state index contributed by atoms with van der Waals surface area (Å²) in [6.45, 7) is 2.75. The van der Waals surface area contributed by atoms with E-state index in [1.807, 2.05) is 12.1 Å². The van der Waals surface area contributed by atoms with Gasteiger partial charge in [0.15, 0.2) is 5.82 Å². The predicted octanol–water partition coefficient (Wildman–Crippen LogP) is 3.84. The van der Waals surface area contributed by atoms with Gasteiger partial charge in [-0.15, -0.1) is 0 Å². The fraction of sp³-hybridized carbons (Fsp3) is 0.176. The van der Waals surface area contributed by atoms with Crippen LogP contribution in [0.4, 0.5) is 10.1 Å². The quantitative estimate of drug-likeness (QED) is 0.777. The molecule has 0 aliphatic rings. The van der Waals surface area contributed by atoms with E-state index in [4.69, 9.17) is 4.52 Å². The molecule has 0 unspecified atom stereocenters. The number of hydrogen-bond acceptors (Lipinski definition) is 4. The molecular weight excluding hydrogens is 281 g/mol. The van der Waals surface area contributed by atoms with Gasteiger partial charge in [0.05, 0.1) is 0 Å². The van der Waals surface area contributed by atoms with Crippen LogP contribution in [0.2, 0.25) is 0 Å². The molecule has 1 N–H and O–H groups in total. The molecule has 112 valence electrons. The van der Waals surface area contributed by atoms with E-state index in [2.05, 4.69) is 34.5 Å². The van der Waals surface area contributed by atoms with Crippen LogP contribution in [0.3, 0.4) is 0 Å². The minimum Gasteiger partial charge on any atom is -0.385 e. The number of nitrogens with one attached hydrogen (secondary N) is 1. The van der Waals surface area contributed by atoms with Gasteiger partial charge in [0.25, 0.3) is 5.89 Å². The van der Waals surface area contributed by atoms with E-state index >= 15 is 0 Å². The van der Waals surface area contributed by atoms with Crippen molar-refractivity contribution in [2.45, 2.75) is 13.3 Å². The second-order valence-corrected chi connectivity index (χ2v) is 5.07. The first-order valence-electron chi connectivity index (χ1n) is 7.10. The predicted molar refractivity (Wildman–Crippen MR) is 83.1 cm³/mol. The highest BCUT2D eigenvalue weighted by Gasteiger charge is 2.09. The molecule has 0 fully saturated rings. The Balaban J connectivity index is 1.60. The molecule has 0 bridgehead atoms. The molecular formula is C17H16FN3O. The average molecular weight is 297 g/mol. The molecule has 0 aliphatic carbocycles. The van der Waals surface area contributed by atoms with Crippen molar-refractivity contribution in [2.75, 3.05) is 11.9 Å². The van der Waals surface area contributed by atoms with Crippen molar-refractivity contribution < 1.29 is 8.91 Å². The van der Waals surface area contributed by atoms with Gasteiger partial charge in [-0.25, -0.2) is 4.39 Å². The number of halogens is 1. The molecule has 0 saturated heterocycles. The van der Waals surface area contributed by atoms with Crippen LogP contribution in [0.15, 0.2) is 53.1 Å². The lowest BCUT2D eigenvalue weighted by Crippen LogP contribution is -2.05. The van der Waals surface area contributed by atoms with Crippen molar-refractivity contribution in [3.8, 4) is 11.5 Å². The zero-order valence-electron chi connectivity index (χ0n) is 12.2. The van der Waals surface area contributed by atoms with Gasteiger partial charge in [0.1, 0.15) is 5.82 Å². The van der Waals surface area contributed by atoms with E-state index in [-0.39, 0.29) is 5.82 Å². The monoisotopic (exact) mass is 297 g/mol. The van der Waals surface area contributed by atoms with Crippen molar-refractivity contribution >= 4 is 5.69 Å². The molecule has 1 heterocycles. The lowest BCUT2D eigenvalue weighted by atomic mass is 10.2. The number of aryl methyl sites for hydroxylation is 1. The Bertz CT molecular complexity index is 770. The summed E-state index contributed by atoms with van der Waals surface area (Å²) >= 11 is 0. The third-order valence-electron chi connectivity index (χ3n) is 3.24. The second-order valence-electron chi connectivity index (χ2n) is 5.07. The van der Waals surface area contributed by atoms with Crippen LogP contribution in [-0.4, -0.2) is 16.7 Å². The van der Waals surface area contributed by atoms with Gasteiger partial charge in [-0.2, -0.15) is 4.98 Å². The Morgan fingerprint density at radius 3 is 2.82 bits per heavy atom. The summed E-state index contributed by atoms with van der Waals surface area (Å²) in [5.74, 6) is 0.614. The first-order valence-corrected chi connectivity index (χ1v) is 7.10. The maximum absolute atomic E-state index is 13.2. The van der Waals surface area contributed by atoms with Gasteiger partial charge in [-0.1, -0.05) is 23.4 Å². The van der Waals surface area contributed by atoms with E-state index in [0.717, 1.165) is 5.69 Å². The summed E-state index contributed by atoms with van der Waals surface area (Å²) in [6.07, 6.45) is 0.632. The minimum absolute atomic E-state index is 0.321. The Hall–Kier alpha value is -2.69. The van der Waals surface area contributed by atoms with Crippen LogP contribution < -0.4 is 5.32 Å². The maximum Gasteiger partial charge on any atom is 0.258 e.